The highest BCUT2D eigenvalue weighted by Gasteiger charge is 2.43. The van der Waals surface area contributed by atoms with Crippen LogP contribution < -0.4 is 5.32 Å². The Morgan fingerprint density at radius 2 is 1.07 bits per heavy atom. The summed E-state index contributed by atoms with van der Waals surface area (Å²) in [7, 11) is 0. The van der Waals surface area contributed by atoms with Gasteiger partial charge in [0, 0.05) is 11.4 Å². The fourth-order valence-corrected chi connectivity index (χ4v) is 6.48. The summed E-state index contributed by atoms with van der Waals surface area (Å²) in [5, 5.41) is 3.76. The molecule has 2 aromatic carbocycles. The second kappa shape index (κ2) is 5.65. The molecule has 0 amide bonds. The van der Waals surface area contributed by atoms with Crippen LogP contribution in [0.15, 0.2) is 30.3 Å². The minimum absolute atomic E-state index is 0.229. The normalized spacial score (nSPS) is 22.6. The Labute approximate surface area is 172 Å². The highest BCUT2D eigenvalue weighted by Crippen LogP contribution is 2.52. The molecule has 0 bridgehead atoms. The smallest absolute Gasteiger partial charge is 0.0417 e. The van der Waals surface area contributed by atoms with Crippen molar-refractivity contribution in [3.05, 3.63) is 58.1 Å². The van der Waals surface area contributed by atoms with Crippen molar-refractivity contribution < 1.29 is 0 Å². The molecule has 28 heavy (non-hydrogen) atoms. The first kappa shape index (κ1) is 19.6. The lowest BCUT2D eigenvalue weighted by Gasteiger charge is -2.22. The molecular weight excluding hydrogens is 338 g/mol. The first-order valence-corrected chi connectivity index (χ1v) is 10.8. The summed E-state index contributed by atoms with van der Waals surface area (Å²) < 4.78 is 0. The molecule has 0 saturated heterocycles. The van der Waals surface area contributed by atoms with Gasteiger partial charge in [-0.2, -0.15) is 0 Å². The Morgan fingerprint density at radius 3 is 1.64 bits per heavy atom. The van der Waals surface area contributed by atoms with E-state index in [1.807, 2.05) is 0 Å². The van der Waals surface area contributed by atoms with Gasteiger partial charge in [-0.1, -0.05) is 67.5 Å². The van der Waals surface area contributed by atoms with E-state index in [4.69, 9.17) is 0 Å². The second-order valence-electron chi connectivity index (χ2n) is 12.0. The number of hydrogen-bond donors (Lipinski definition) is 1. The SMILES string of the molecule is Cc1cc2c(cc1Nc1ccc3c(c1)C(C)(C)CC3(C)C)C(C)(C)CC2(C)C. The topological polar surface area (TPSA) is 12.0 Å². The highest BCUT2D eigenvalue weighted by atomic mass is 14.9. The number of hydrogen-bond acceptors (Lipinski definition) is 1. The van der Waals surface area contributed by atoms with Crippen LogP contribution in [0.3, 0.4) is 0 Å². The maximum absolute atomic E-state index is 3.76. The Kier molecular flexibility index (Phi) is 3.94. The van der Waals surface area contributed by atoms with Gasteiger partial charge in [0.15, 0.2) is 0 Å². The average Bonchev–Trinajstić information content (AvgIpc) is 2.83. The van der Waals surface area contributed by atoms with Crippen LogP contribution in [-0.2, 0) is 21.7 Å². The molecule has 0 heterocycles. The predicted octanol–water partition coefficient (Wildman–Crippen LogP) is 7.66. The van der Waals surface area contributed by atoms with E-state index in [1.165, 1.54) is 52.0 Å². The van der Waals surface area contributed by atoms with Crippen molar-refractivity contribution in [2.45, 2.75) is 96.8 Å². The predicted molar refractivity (Wildman–Crippen MR) is 122 cm³/mol. The van der Waals surface area contributed by atoms with Gasteiger partial charge in [-0.05, 0) is 87.4 Å². The monoisotopic (exact) mass is 375 g/mol. The minimum atomic E-state index is 0.229. The van der Waals surface area contributed by atoms with Crippen LogP contribution in [0.1, 0.15) is 96.0 Å². The van der Waals surface area contributed by atoms with Crippen molar-refractivity contribution in [3.8, 4) is 0 Å². The van der Waals surface area contributed by atoms with Gasteiger partial charge >= 0.3 is 0 Å². The number of nitrogens with one attached hydrogen (secondary N) is 1. The second-order valence-corrected chi connectivity index (χ2v) is 12.0. The fourth-order valence-electron chi connectivity index (χ4n) is 6.48. The van der Waals surface area contributed by atoms with E-state index in [1.54, 1.807) is 0 Å². The van der Waals surface area contributed by atoms with E-state index in [2.05, 4.69) is 98.0 Å². The highest BCUT2D eigenvalue weighted by molar-refractivity contribution is 5.68. The number of rotatable bonds is 2. The zero-order chi connectivity index (χ0) is 20.7. The van der Waals surface area contributed by atoms with Gasteiger partial charge in [0.05, 0.1) is 0 Å². The number of fused-ring (bicyclic) bond motifs is 2. The zero-order valence-corrected chi connectivity index (χ0v) is 19.3. The standard InChI is InChI=1S/C27H37N/c1-17-12-20-22(27(8,9)16-25(20,4)5)14-23(17)28-18-10-11-19-21(13-18)26(6,7)15-24(19,2)3/h10-14,28H,15-16H2,1-9H3. The lowest BCUT2D eigenvalue weighted by atomic mass is 9.82. The number of aryl methyl sites for hydroxylation is 1. The number of anilines is 2. The van der Waals surface area contributed by atoms with Crippen molar-refractivity contribution in [3.63, 3.8) is 0 Å². The molecule has 150 valence electrons. The molecule has 2 aliphatic rings. The summed E-state index contributed by atoms with van der Waals surface area (Å²) >= 11 is 0. The van der Waals surface area contributed by atoms with E-state index in [-0.39, 0.29) is 21.7 Å². The van der Waals surface area contributed by atoms with E-state index >= 15 is 0 Å². The third-order valence-corrected chi connectivity index (χ3v) is 7.35. The molecule has 1 N–H and O–H groups in total. The first-order chi connectivity index (χ1) is 12.7. The van der Waals surface area contributed by atoms with Gasteiger partial charge in [0.1, 0.15) is 0 Å². The van der Waals surface area contributed by atoms with E-state index < -0.39 is 0 Å². The molecule has 4 rings (SSSR count). The third kappa shape index (κ3) is 2.90. The van der Waals surface area contributed by atoms with E-state index in [0.717, 1.165) is 0 Å². The summed E-state index contributed by atoms with van der Waals surface area (Å²) in [5.74, 6) is 0. The molecule has 0 fully saturated rings. The molecule has 0 unspecified atom stereocenters. The minimum Gasteiger partial charge on any atom is -0.355 e. The Bertz CT molecular complexity index is 956. The maximum atomic E-state index is 3.76. The molecule has 0 aliphatic heterocycles. The van der Waals surface area contributed by atoms with Gasteiger partial charge in [-0.25, -0.2) is 0 Å². The van der Waals surface area contributed by atoms with Gasteiger partial charge in [-0.3, -0.25) is 0 Å². The van der Waals surface area contributed by atoms with Crippen molar-refractivity contribution >= 4 is 11.4 Å². The first-order valence-electron chi connectivity index (χ1n) is 10.8. The molecule has 2 aliphatic carbocycles. The Balaban J connectivity index is 1.74. The van der Waals surface area contributed by atoms with Gasteiger partial charge < -0.3 is 5.32 Å². The van der Waals surface area contributed by atoms with E-state index in [0.29, 0.717) is 0 Å². The molecule has 0 aromatic heterocycles. The van der Waals surface area contributed by atoms with Crippen molar-refractivity contribution in [1.29, 1.82) is 0 Å². The van der Waals surface area contributed by atoms with Crippen LogP contribution in [-0.4, -0.2) is 0 Å². The molecule has 0 spiro atoms. The summed E-state index contributed by atoms with van der Waals surface area (Å²) in [6.07, 6.45) is 2.42. The Morgan fingerprint density at radius 1 is 0.607 bits per heavy atom. The Hall–Kier alpha value is -1.76. The third-order valence-electron chi connectivity index (χ3n) is 7.35. The lowest BCUT2D eigenvalue weighted by Crippen LogP contribution is -2.18. The average molecular weight is 376 g/mol. The quantitative estimate of drug-likeness (QED) is 0.568. The van der Waals surface area contributed by atoms with Gasteiger partial charge in [0.2, 0.25) is 0 Å². The lowest BCUT2D eigenvalue weighted by molar-refractivity contribution is 0.403. The number of benzene rings is 2. The molecule has 0 radical (unpaired) electrons. The van der Waals surface area contributed by atoms with Gasteiger partial charge in [0.25, 0.3) is 0 Å². The summed E-state index contributed by atoms with van der Waals surface area (Å²) in [6, 6.07) is 11.9. The molecule has 1 nitrogen and oxygen atoms in total. The summed E-state index contributed by atoms with van der Waals surface area (Å²) in [4.78, 5) is 0. The summed E-state index contributed by atoms with van der Waals surface area (Å²) in [6.45, 7) is 21.3. The molecular formula is C27H37N. The van der Waals surface area contributed by atoms with Crippen molar-refractivity contribution in [2.24, 2.45) is 0 Å². The molecule has 1 heteroatoms. The van der Waals surface area contributed by atoms with Gasteiger partial charge in [-0.15, -0.1) is 0 Å². The van der Waals surface area contributed by atoms with Crippen molar-refractivity contribution in [2.75, 3.05) is 5.32 Å². The zero-order valence-electron chi connectivity index (χ0n) is 19.3. The van der Waals surface area contributed by atoms with Crippen LogP contribution in [0, 0.1) is 6.92 Å². The molecule has 2 aromatic rings. The summed E-state index contributed by atoms with van der Waals surface area (Å²) in [5.41, 5.74) is 10.8. The largest absolute Gasteiger partial charge is 0.355 e. The van der Waals surface area contributed by atoms with Crippen LogP contribution in [0.5, 0.6) is 0 Å². The van der Waals surface area contributed by atoms with Crippen LogP contribution >= 0.6 is 0 Å². The van der Waals surface area contributed by atoms with Crippen molar-refractivity contribution in [1.82, 2.24) is 0 Å². The van der Waals surface area contributed by atoms with E-state index in [9.17, 15) is 0 Å². The molecule has 0 saturated carbocycles. The maximum Gasteiger partial charge on any atom is 0.0417 e. The van der Waals surface area contributed by atoms with Crippen LogP contribution in [0.25, 0.3) is 0 Å². The van der Waals surface area contributed by atoms with Crippen LogP contribution in [0.2, 0.25) is 0 Å². The van der Waals surface area contributed by atoms with Crippen LogP contribution in [0.4, 0.5) is 11.4 Å². The fraction of sp³-hybridized carbons (Fsp3) is 0.556. The molecule has 0 atom stereocenters.